The van der Waals surface area contributed by atoms with Crippen LogP contribution < -0.4 is 5.32 Å². The summed E-state index contributed by atoms with van der Waals surface area (Å²) in [6.07, 6.45) is 6.48. The van der Waals surface area contributed by atoms with Crippen LogP contribution in [0.3, 0.4) is 0 Å². The minimum atomic E-state index is 0.343. The minimum Gasteiger partial charge on any atom is -0.363 e. The monoisotopic (exact) mass is 271 g/mol. The quantitative estimate of drug-likeness (QED) is 0.884. The fraction of sp³-hybridized carbons (Fsp3) is 0.471. The first-order valence-corrected chi connectivity index (χ1v) is 7.50. The molecule has 1 aliphatic rings. The molecule has 20 heavy (non-hydrogen) atoms. The summed E-state index contributed by atoms with van der Waals surface area (Å²) in [5, 5.41) is 3.57. The summed E-state index contributed by atoms with van der Waals surface area (Å²) in [7, 11) is 0. The molecule has 0 aromatic heterocycles. The predicted octanol–water partition coefficient (Wildman–Crippen LogP) is 3.71. The molecule has 0 amide bonds. The first kappa shape index (κ1) is 14.6. The van der Waals surface area contributed by atoms with E-state index in [1.165, 1.54) is 5.56 Å². The van der Waals surface area contributed by atoms with Gasteiger partial charge < -0.3 is 10.2 Å². The first-order chi connectivity index (χ1) is 9.70. The van der Waals surface area contributed by atoms with Gasteiger partial charge in [0.15, 0.2) is 0 Å². The number of nitrogens with zero attached hydrogens (tertiary/aromatic N) is 2. The number of amidine groups is 1. The molecule has 2 rings (SSSR count). The first-order valence-electron chi connectivity index (χ1n) is 7.50. The molecule has 3 nitrogen and oxygen atoms in total. The Balaban J connectivity index is 2.02. The van der Waals surface area contributed by atoms with Crippen LogP contribution in [0.1, 0.15) is 45.2 Å². The van der Waals surface area contributed by atoms with Gasteiger partial charge in [-0.1, -0.05) is 43.7 Å². The Morgan fingerprint density at radius 3 is 2.55 bits per heavy atom. The Morgan fingerprint density at radius 2 is 2.00 bits per heavy atom. The smallest absolute Gasteiger partial charge is 0.124 e. The van der Waals surface area contributed by atoms with E-state index in [2.05, 4.69) is 78.6 Å². The molecule has 1 aromatic rings. The zero-order valence-electron chi connectivity index (χ0n) is 12.7. The second kappa shape index (κ2) is 7.13. The maximum atomic E-state index is 4.62. The SMILES string of the molecule is CCCC(NC1=NCN(C(C)C)C=C1)c1ccccc1. The molecule has 1 aromatic carbocycles. The number of rotatable bonds is 5. The summed E-state index contributed by atoms with van der Waals surface area (Å²) in [6, 6.07) is 11.5. The van der Waals surface area contributed by atoms with Crippen molar-refractivity contribution in [2.45, 2.75) is 45.7 Å². The zero-order chi connectivity index (χ0) is 14.4. The van der Waals surface area contributed by atoms with Gasteiger partial charge in [-0.2, -0.15) is 0 Å². The highest BCUT2D eigenvalue weighted by Gasteiger charge is 2.14. The molecule has 1 heterocycles. The lowest BCUT2D eigenvalue weighted by molar-refractivity contribution is 0.317. The van der Waals surface area contributed by atoms with Crippen molar-refractivity contribution < 1.29 is 0 Å². The number of hydrogen-bond donors (Lipinski definition) is 1. The standard InChI is InChI=1S/C17H25N3/c1-4-8-16(15-9-6-5-7-10-15)19-17-11-12-20(13-18-17)14(2)3/h5-7,9-12,14,16H,4,8,13H2,1-3H3,(H,18,19). The largest absolute Gasteiger partial charge is 0.363 e. The van der Waals surface area contributed by atoms with Gasteiger partial charge in [0.2, 0.25) is 0 Å². The lowest BCUT2D eigenvalue weighted by Gasteiger charge is -2.27. The van der Waals surface area contributed by atoms with E-state index < -0.39 is 0 Å². The predicted molar refractivity (Wildman–Crippen MR) is 85.6 cm³/mol. The Morgan fingerprint density at radius 1 is 1.25 bits per heavy atom. The average Bonchev–Trinajstić information content (AvgIpc) is 2.48. The van der Waals surface area contributed by atoms with Crippen LogP contribution in [0.2, 0.25) is 0 Å². The van der Waals surface area contributed by atoms with E-state index in [0.29, 0.717) is 12.1 Å². The topological polar surface area (TPSA) is 27.6 Å². The second-order valence-electron chi connectivity index (χ2n) is 5.50. The van der Waals surface area contributed by atoms with Gasteiger partial charge in [-0.15, -0.1) is 0 Å². The lowest BCUT2D eigenvalue weighted by atomic mass is 10.0. The molecule has 3 heteroatoms. The van der Waals surface area contributed by atoms with Gasteiger partial charge in [-0.25, -0.2) is 4.99 Å². The number of hydrogen-bond acceptors (Lipinski definition) is 3. The summed E-state index contributed by atoms with van der Waals surface area (Å²) >= 11 is 0. The lowest BCUT2D eigenvalue weighted by Crippen LogP contribution is -2.34. The molecule has 0 saturated heterocycles. The molecule has 1 aliphatic heterocycles. The summed E-state index contributed by atoms with van der Waals surface area (Å²) in [5.41, 5.74) is 1.33. The highest BCUT2D eigenvalue weighted by Crippen LogP contribution is 2.18. The van der Waals surface area contributed by atoms with Crippen LogP contribution in [0.5, 0.6) is 0 Å². The van der Waals surface area contributed by atoms with E-state index in [1.807, 2.05) is 0 Å². The molecule has 108 valence electrons. The Kier molecular flexibility index (Phi) is 5.22. The molecular formula is C17H25N3. The molecule has 0 spiro atoms. The average molecular weight is 271 g/mol. The van der Waals surface area contributed by atoms with E-state index in [-0.39, 0.29) is 0 Å². The summed E-state index contributed by atoms with van der Waals surface area (Å²) in [6.45, 7) is 7.32. The van der Waals surface area contributed by atoms with Crippen molar-refractivity contribution in [3.63, 3.8) is 0 Å². The van der Waals surface area contributed by atoms with E-state index in [4.69, 9.17) is 0 Å². The van der Waals surface area contributed by atoms with Crippen molar-refractivity contribution >= 4 is 5.84 Å². The summed E-state index contributed by atoms with van der Waals surface area (Å²) in [4.78, 5) is 6.85. The fourth-order valence-corrected chi connectivity index (χ4v) is 2.33. The fourth-order valence-electron chi connectivity index (χ4n) is 2.33. The van der Waals surface area contributed by atoms with Crippen molar-refractivity contribution in [3.8, 4) is 0 Å². The molecule has 1 N–H and O–H groups in total. The third-order valence-corrected chi connectivity index (χ3v) is 3.59. The molecule has 0 saturated carbocycles. The van der Waals surface area contributed by atoms with E-state index in [1.54, 1.807) is 0 Å². The molecular weight excluding hydrogens is 246 g/mol. The molecule has 0 bridgehead atoms. The van der Waals surface area contributed by atoms with Crippen LogP contribution in [-0.2, 0) is 0 Å². The molecule has 0 radical (unpaired) electrons. The number of nitrogens with one attached hydrogen (secondary N) is 1. The minimum absolute atomic E-state index is 0.343. The van der Waals surface area contributed by atoms with Gasteiger partial charge in [0.1, 0.15) is 12.5 Å². The number of aliphatic imine (C=N–C) groups is 1. The van der Waals surface area contributed by atoms with E-state index in [0.717, 1.165) is 25.3 Å². The van der Waals surface area contributed by atoms with Gasteiger partial charge in [0, 0.05) is 12.2 Å². The van der Waals surface area contributed by atoms with Crippen LogP contribution in [0.25, 0.3) is 0 Å². The van der Waals surface area contributed by atoms with Crippen LogP contribution in [0, 0.1) is 0 Å². The van der Waals surface area contributed by atoms with Gasteiger partial charge in [-0.05, 0) is 31.9 Å². The summed E-state index contributed by atoms with van der Waals surface area (Å²) < 4.78 is 0. The Hall–Kier alpha value is -1.77. The second-order valence-corrected chi connectivity index (χ2v) is 5.50. The van der Waals surface area contributed by atoms with Crippen molar-refractivity contribution in [1.29, 1.82) is 0 Å². The highest BCUT2D eigenvalue weighted by molar-refractivity contribution is 5.93. The van der Waals surface area contributed by atoms with Crippen molar-refractivity contribution in [3.05, 3.63) is 48.2 Å². The van der Waals surface area contributed by atoms with Crippen LogP contribution >= 0.6 is 0 Å². The van der Waals surface area contributed by atoms with Crippen molar-refractivity contribution in [1.82, 2.24) is 10.2 Å². The highest BCUT2D eigenvalue weighted by atomic mass is 15.2. The summed E-state index contributed by atoms with van der Waals surface area (Å²) in [5.74, 6) is 0.990. The third kappa shape index (κ3) is 3.86. The zero-order valence-corrected chi connectivity index (χ0v) is 12.7. The van der Waals surface area contributed by atoms with Crippen LogP contribution in [0.15, 0.2) is 47.6 Å². The Bertz CT molecular complexity index is 462. The maximum Gasteiger partial charge on any atom is 0.124 e. The number of benzene rings is 1. The van der Waals surface area contributed by atoms with E-state index in [9.17, 15) is 0 Å². The van der Waals surface area contributed by atoms with Crippen LogP contribution in [-0.4, -0.2) is 23.4 Å². The maximum absolute atomic E-state index is 4.62. The normalized spacial score (nSPS) is 16.2. The van der Waals surface area contributed by atoms with Crippen LogP contribution in [0.4, 0.5) is 0 Å². The van der Waals surface area contributed by atoms with Gasteiger partial charge >= 0.3 is 0 Å². The molecule has 1 unspecified atom stereocenters. The van der Waals surface area contributed by atoms with Crippen molar-refractivity contribution in [2.75, 3.05) is 6.67 Å². The Labute approximate surface area is 122 Å². The van der Waals surface area contributed by atoms with Gasteiger partial charge in [-0.3, -0.25) is 0 Å². The molecule has 1 atom stereocenters. The van der Waals surface area contributed by atoms with Gasteiger partial charge in [0.25, 0.3) is 0 Å². The van der Waals surface area contributed by atoms with Gasteiger partial charge in [0.05, 0.1) is 6.04 Å². The molecule has 0 fully saturated rings. The van der Waals surface area contributed by atoms with E-state index >= 15 is 0 Å². The third-order valence-electron chi connectivity index (χ3n) is 3.59. The van der Waals surface area contributed by atoms with Crippen molar-refractivity contribution in [2.24, 2.45) is 4.99 Å². The molecule has 0 aliphatic carbocycles.